The number of nitrogens with two attached hydrogens (primary N) is 1. The molecule has 1 atom stereocenters. The SMILES string of the molecule is Cl.Cl.Cl.NC(C(=O)N1CCN(Cc2ccccn2)CC1)C1CCOCC1. The molecule has 2 aliphatic heterocycles. The van der Waals surface area contributed by atoms with E-state index in [9.17, 15) is 4.79 Å². The molecule has 3 heterocycles. The van der Waals surface area contributed by atoms with Gasteiger partial charge in [-0.05, 0) is 30.9 Å². The van der Waals surface area contributed by atoms with Gasteiger partial charge in [0, 0.05) is 52.1 Å². The highest BCUT2D eigenvalue weighted by atomic mass is 35.5. The van der Waals surface area contributed by atoms with Crippen molar-refractivity contribution in [3.8, 4) is 0 Å². The normalized spacial score (nSPS) is 19.5. The molecule has 26 heavy (non-hydrogen) atoms. The maximum absolute atomic E-state index is 12.6. The Morgan fingerprint density at radius 2 is 1.81 bits per heavy atom. The minimum absolute atomic E-state index is 0. The summed E-state index contributed by atoms with van der Waals surface area (Å²) < 4.78 is 5.35. The van der Waals surface area contributed by atoms with Crippen LogP contribution in [0.1, 0.15) is 18.5 Å². The third kappa shape index (κ3) is 6.83. The van der Waals surface area contributed by atoms with Crippen molar-refractivity contribution in [3.63, 3.8) is 0 Å². The van der Waals surface area contributed by atoms with Crippen molar-refractivity contribution in [2.45, 2.75) is 25.4 Å². The van der Waals surface area contributed by atoms with Crippen molar-refractivity contribution in [2.75, 3.05) is 39.4 Å². The number of hydrogen-bond donors (Lipinski definition) is 1. The monoisotopic (exact) mass is 426 g/mol. The molecule has 2 saturated heterocycles. The fourth-order valence-electron chi connectivity index (χ4n) is 3.33. The summed E-state index contributed by atoms with van der Waals surface area (Å²) in [4.78, 5) is 21.2. The lowest BCUT2D eigenvalue weighted by atomic mass is 9.91. The summed E-state index contributed by atoms with van der Waals surface area (Å²) in [6, 6.07) is 5.60. The average Bonchev–Trinajstić information content (AvgIpc) is 2.63. The highest BCUT2D eigenvalue weighted by molar-refractivity contribution is 5.86. The van der Waals surface area contributed by atoms with Gasteiger partial charge in [-0.2, -0.15) is 0 Å². The van der Waals surface area contributed by atoms with Crippen molar-refractivity contribution in [1.29, 1.82) is 0 Å². The van der Waals surface area contributed by atoms with Crippen molar-refractivity contribution in [2.24, 2.45) is 11.7 Å². The van der Waals surface area contributed by atoms with Gasteiger partial charge in [-0.3, -0.25) is 14.7 Å². The zero-order valence-corrected chi connectivity index (χ0v) is 17.2. The molecule has 2 aliphatic rings. The number of halogens is 3. The van der Waals surface area contributed by atoms with Gasteiger partial charge in [0.15, 0.2) is 0 Å². The zero-order chi connectivity index (χ0) is 16.1. The first-order valence-electron chi connectivity index (χ1n) is 8.48. The van der Waals surface area contributed by atoms with Gasteiger partial charge in [-0.15, -0.1) is 37.2 Å². The Morgan fingerprint density at radius 1 is 1.15 bits per heavy atom. The van der Waals surface area contributed by atoms with E-state index in [0.717, 1.165) is 64.5 Å². The molecule has 1 unspecified atom stereocenters. The Bertz CT molecular complexity index is 510. The Labute approximate surface area is 174 Å². The van der Waals surface area contributed by atoms with E-state index in [1.165, 1.54) is 0 Å². The van der Waals surface area contributed by atoms with E-state index >= 15 is 0 Å². The van der Waals surface area contributed by atoms with Crippen LogP contribution in [-0.2, 0) is 16.1 Å². The fourth-order valence-corrected chi connectivity index (χ4v) is 3.33. The van der Waals surface area contributed by atoms with Crippen molar-refractivity contribution < 1.29 is 9.53 Å². The van der Waals surface area contributed by atoms with Gasteiger partial charge in [-0.25, -0.2) is 0 Å². The highest BCUT2D eigenvalue weighted by Gasteiger charge is 2.31. The summed E-state index contributed by atoms with van der Waals surface area (Å²) in [5, 5.41) is 0. The first-order valence-corrected chi connectivity index (χ1v) is 8.48. The van der Waals surface area contributed by atoms with E-state index in [4.69, 9.17) is 10.5 Å². The highest BCUT2D eigenvalue weighted by Crippen LogP contribution is 2.19. The molecule has 3 rings (SSSR count). The van der Waals surface area contributed by atoms with Crippen LogP contribution < -0.4 is 5.73 Å². The molecule has 0 aromatic carbocycles. The molecule has 9 heteroatoms. The standard InChI is InChI=1S/C17H26N4O2.3ClH/c18-16(14-4-11-23-12-5-14)17(22)21-9-7-20(8-10-21)13-15-3-1-2-6-19-15;;;/h1-3,6,14,16H,4-5,7-13,18H2;3*1H. The van der Waals surface area contributed by atoms with E-state index in [1.54, 1.807) is 0 Å². The number of carbonyl (C=O) groups excluding carboxylic acids is 1. The van der Waals surface area contributed by atoms with Crippen LogP contribution in [0.15, 0.2) is 24.4 Å². The number of aromatic nitrogens is 1. The first kappa shape index (κ1) is 25.4. The molecule has 1 aromatic heterocycles. The summed E-state index contributed by atoms with van der Waals surface area (Å²) in [7, 11) is 0. The smallest absolute Gasteiger partial charge is 0.239 e. The number of piperazine rings is 1. The summed E-state index contributed by atoms with van der Waals surface area (Å²) in [5.41, 5.74) is 7.29. The molecular weight excluding hydrogens is 399 g/mol. The number of nitrogens with zero attached hydrogens (tertiary/aromatic N) is 3. The summed E-state index contributed by atoms with van der Waals surface area (Å²) in [6.07, 6.45) is 3.61. The lowest BCUT2D eigenvalue weighted by Gasteiger charge is -2.37. The number of rotatable bonds is 4. The molecule has 1 amide bonds. The van der Waals surface area contributed by atoms with Gasteiger partial charge in [0.2, 0.25) is 5.91 Å². The number of amides is 1. The van der Waals surface area contributed by atoms with Gasteiger partial charge in [0.05, 0.1) is 11.7 Å². The summed E-state index contributed by atoms with van der Waals surface area (Å²) in [6.45, 7) is 5.55. The molecule has 150 valence electrons. The molecule has 0 saturated carbocycles. The van der Waals surface area contributed by atoms with Crippen molar-refractivity contribution in [1.82, 2.24) is 14.8 Å². The number of carbonyl (C=O) groups is 1. The molecule has 6 nitrogen and oxygen atoms in total. The Morgan fingerprint density at radius 3 is 2.38 bits per heavy atom. The lowest BCUT2D eigenvalue weighted by Crippen LogP contribution is -2.55. The van der Waals surface area contributed by atoms with Crippen molar-refractivity contribution >= 4 is 43.1 Å². The number of hydrogen-bond acceptors (Lipinski definition) is 5. The van der Waals surface area contributed by atoms with E-state index in [0.29, 0.717) is 0 Å². The fraction of sp³-hybridized carbons (Fsp3) is 0.647. The van der Waals surface area contributed by atoms with Crippen LogP contribution in [-0.4, -0.2) is 66.1 Å². The van der Waals surface area contributed by atoms with E-state index in [-0.39, 0.29) is 55.1 Å². The van der Waals surface area contributed by atoms with Crippen LogP contribution in [0.5, 0.6) is 0 Å². The molecule has 0 bridgehead atoms. The first-order chi connectivity index (χ1) is 11.2. The average molecular weight is 428 g/mol. The molecule has 2 fully saturated rings. The van der Waals surface area contributed by atoms with Crippen LogP contribution in [0.3, 0.4) is 0 Å². The topological polar surface area (TPSA) is 71.7 Å². The van der Waals surface area contributed by atoms with Crippen LogP contribution >= 0.6 is 37.2 Å². The number of pyridine rings is 1. The van der Waals surface area contributed by atoms with Gasteiger partial charge < -0.3 is 15.4 Å². The van der Waals surface area contributed by atoms with E-state index in [1.807, 2.05) is 29.3 Å². The molecular formula is C17H29Cl3N4O2. The second-order valence-corrected chi connectivity index (χ2v) is 6.40. The maximum Gasteiger partial charge on any atom is 0.239 e. The van der Waals surface area contributed by atoms with Crippen molar-refractivity contribution in [3.05, 3.63) is 30.1 Å². The van der Waals surface area contributed by atoms with Crippen LogP contribution in [0.25, 0.3) is 0 Å². The molecule has 1 aromatic rings. The Balaban J connectivity index is 0.00000208. The Hall–Kier alpha value is -0.630. The largest absolute Gasteiger partial charge is 0.381 e. The second-order valence-electron chi connectivity index (χ2n) is 6.40. The third-order valence-electron chi connectivity index (χ3n) is 4.85. The van der Waals surface area contributed by atoms with Gasteiger partial charge in [0.1, 0.15) is 0 Å². The molecule has 0 radical (unpaired) electrons. The van der Waals surface area contributed by atoms with Gasteiger partial charge >= 0.3 is 0 Å². The second kappa shape index (κ2) is 12.7. The van der Waals surface area contributed by atoms with Crippen LogP contribution in [0.2, 0.25) is 0 Å². The minimum atomic E-state index is -0.374. The Kier molecular flexibility index (Phi) is 12.4. The van der Waals surface area contributed by atoms with Gasteiger partial charge in [0.25, 0.3) is 0 Å². The molecule has 2 N–H and O–H groups in total. The predicted octanol–water partition coefficient (Wildman–Crippen LogP) is 1.75. The maximum atomic E-state index is 12.6. The third-order valence-corrected chi connectivity index (χ3v) is 4.85. The van der Waals surface area contributed by atoms with Gasteiger partial charge in [-0.1, -0.05) is 6.07 Å². The van der Waals surface area contributed by atoms with E-state index in [2.05, 4.69) is 9.88 Å². The lowest BCUT2D eigenvalue weighted by molar-refractivity contribution is -0.136. The molecule has 0 aliphatic carbocycles. The number of ether oxygens (including phenoxy) is 1. The summed E-state index contributed by atoms with van der Waals surface area (Å²) in [5.74, 6) is 0.372. The molecule has 0 spiro atoms. The van der Waals surface area contributed by atoms with E-state index < -0.39 is 0 Å². The predicted molar refractivity (Wildman–Crippen MR) is 109 cm³/mol. The van der Waals surface area contributed by atoms with Crippen LogP contribution in [0, 0.1) is 5.92 Å². The zero-order valence-electron chi connectivity index (χ0n) is 14.8. The van der Waals surface area contributed by atoms with Crippen LogP contribution in [0.4, 0.5) is 0 Å². The quantitative estimate of drug-likeness (QED) is 0.792. The minimum Gasteiger partial charge on any atom is -0.381 e. The summed E-state index contributed by atoms with van der Waals surface area (Å²) >= 11 is 0.